The number of benzene rings is 1. The van der Waals surface area contributed by atoms with Crippen LogP contribution >= 0.6 is 0 Å². The number of fused-ring (bicyclic) bond motifs is 1. The Morgan fingerprint density at radius 1 is 1.23 bits per heavy atom. The zero-order valence-corrected chi connectivity index (χ0v) is 14.3. The van der Waals surface area contributed by atoms with Crippen LogP contribution in [0.15, 0.2) is 18.2 Å². The van der Waals surface area contributed by atoms with Gasteiger partial charge in [-0.25, -0.2) is 8.42 Å². The zero-order valence-electron chi connectivity index (χ0n) is 13.4. The Balaban J connectivity index is 1.80. The highest BCUT2D eigenvalue weighted by atomic mass is 32.2. The number of methoxy groups -OCH3 is 1. The molecule has 1 aromatic rings. The number of aryl methyl sites for hydroxylation is 1. The molecule has 0 unspecified atom stereocenters. The molecule has 2 aliphatic heterocycles. The van der Waals surface area contributed by atoms with Gasteiger partial charge in [0.25, 0.3) is 0 Å². The molecule has 3 rings (SSSR count). The normalized spacial score (nSPS) is 28.5. The summed E-state index contributed by atoms with van der Waals surface area (Å²) < 4.78 is 29.3. The van der Waals surface area contributed by atoms with E-state index in [0.717, 1.165) is 25.4 Å². The van der Waals surface area contributed by atoms with Gasteiger partial charge in [0.15, 0.2) is 9.84 Å². The molecule has 2 fully saturated rings. The minimum atomic E-state index is -2.91. The molecule has 2 heterocycles. The minimum Gasteiger partial charge on any atom is -0.497 e. The average molecular weight is 324 g/mol. The number of likely N-dealkylation sites (N-methyl/N-ethyl adjacent to an activating group) is 1. The molecular weight excluding hydrogens is 300 g/mol. The molecule has 0 radical (unpaired) electrons. The zero-order chi connectivity index (χ0) is 15.9. The lowest BCUT2D eigenvalue weighted by molar-refractivity contribution is 0.0571. The fraction of sp³-hybridized carbons (Fsp3) is 0.625. The Bertz CT molecular complexity index is 659. The van der Waals surface area contributed by atoms with Gasteiger partial charge in [-0.3, -0.25) is 9.80 Å². The highest BCUT2D eigenvalue weighted by molar-refractivity contribution is 7.91. The van der Waals surface area contributed by atoms with Crippen LogP contribution in [0.25, 0.3) is 0 Å². The van der Waals surface area contributed by atoms with Gasteiger partial charge < -0.3 is 4.74 Å². The van der Waals surface area contributed by atoms with Gasteiger partial charge in [-0.1, -0.05) is 6.07 Å². The fourth-order valence-corrected chi connectivity index (χ4v) is 5.67. The summed E-state index contributed by atoms with van der Waals surface area (Å²) in [5.41, 5.74) is 2.43. The first-order valence-corrected chi connectivity index (χ1v) is 9.50. The molecule has 0 amide bonds. The summed E-state index contributed by atoms with van der Waals surface area (Å²) in [4.78, 5) is 4.54. The van der Waals surface area contributed by atoms with Crippen LogP contribution in [0.5, 0.6) is 5.75 Å². The Morgan fingerprint density at radius 2 is 1.95 bits per heavy atom. The van der Waals surface area contributed by atoms with Crippen LogP contribution < -0.4 is 4.74 Å². The molecular formula is C16H24N2O3S. The number of ether oxygens (including phenoxy) is 1. The van der Waals surface area contributed by atoms with E-state index in [1.807, 2.05) is 19.2 Å². The second-order valence-corrected chi connectivity index (χ2v) is 8.61. The van der Waals surface area contributed by atoms with E-state index in [1.165, 1.54) is 11.1 Å². The predicted octanol–water partition coefficient (Wildman–Crippen LogP) is 0.917. The van der Waals surface area contributed by atoms with Crippen LogP contribution in [-0.2, 0) is 16.4 Å². The van der Waals surface area contributed by atoms with E-state index in [0.29, 0.717) is 5.75 Å². The molecule has 2 atom stereocenters. The number of rotatable bonds is 3. The molecule has 0 aliphatic carbocycles. The quantitative estimate of drug-likeness (QED) is 0.827. The van der Waals surface area contributed by atoms with Gasteiger partial charge in [0.05, 0.1) is 18.6 Å². The van der Waals surface area contributed by atoms with Gasteiger partial charge in [0.1, 0.15) is 5.75 Å². The van der Waals surface area contributed by atoms with E-state index in [-0.39, 0.29) is 17.8 Å². The van der Waals surface area contributed by atoms with E-state index in [4.69, 9.17) is 4.74 Å². The summed E-state index contributed by atoms with van der Waals surface area (Å²) in [7, 11) is 0.795. The lowest BCUT2D eigenvalue weighted by Crippen LogP contribution is -2.57. The summed E-state index contributed by atoms with van der Waals surface area (Å²) in [5, 5.41) is 0. The van der Waals surface area contributed by atoms with E-state index < -0.39 is 9.84 Å². The maximum atomic E-state index is 12.0. The van der Waals surface area contributed by atoms with Crippen molar-refractivity contribution in [3.05, 3.63) is 29.3 Å². The molecule has 5 nitrogen and oxygen atoms in total. The SMILES string of the molecule is COc1ccc(CN2CCN(C)[C@@H]3CS(=O)(=O)C[C@@H]32)c(C)c1. The maximum Gasteiger partial charge on any atom is 0.153 e. The lowest BCUT2D eigenvalue weighted by atomic mass is 10.0. The predicted molar refractivity (Wildman–Crippen MR) is 87.0 cm³/mol. The molecule has 0 N–H and O–H groups in total. The average Bonchev–Trinajstić information content (AvgIpc) is 2.80. The first kappa shape index (κ1) is 15.8. The van der Waals surface area contributed by atoms with Crippen LogP contribution in [0.4, 0.5) is 0 Å². The Labute approximate surface area is 132 Å². The molecule has 2 saturated heterocycles. The second-order valence-electron chi connectivity index (χ2n) is 6.46. The van der Waals surface area contributed by atoms with Crippen molar-refractivity contribution in [1.29, 1.82) is 0 Å². The molecule has 1 aromatic carbocycles. The Hall–Kier alpha value is -1.11. The highest BCUT2D eigenvalue weighted by Crippen LogP contribution is 2.28. The van der Waals surface area contributed by atoms with Crippen LogP contribution in [0, 0.1) is 6.92 Å². The monoisotopic (exact) mass is 324 g/mol. The number of hydrogen-bond acceptors (Lipinski definition) is 5. The number of nitrogens with zero attached hydrogens (tertiary/aromatic N) is 2. The molecule has 6 heteroatoms. The summed E-state index contributed by atoms with van der Waals surface area (Å²) in [5.74, 6) is 1.45. The minimum absolute atomic E-state index is 0.116. The summed E-state index contributed by atoms with van der Waals surface area (Å²) >= 11 is 0. The van der Waals surface area contributed by atoms with Gasteiger partial charge in [-0.15, -0.1) is 0 Å². The maximum absolute atomic E-state index is 12.0. The van der Waals surface area contributed by atoms with Crippen LogP contribution in [-0.4, -0.2) is 69.1 Å². The van der Waals surface area contributed by atoms with Crippen molar-refractivity contribution in [1.82, 2.24) is 9.80 Å². The third kappa shape index (κ3) is 3.00. The van der Waals surface area contributed by atoms with Gasteiger partial charge >= 0.3 is 0 Å². The lowest BCUT2D eigenvalue weighted by Gasteiger charge is -2.42. The Morgan fingerprint density at radius 3 is 2.64 bits per heavy atom. The molecule has 0 spiro atoms. The van der Waals surface area contributed by atoms with Crippen molar-refractivity contribution in [3.63, 3.8) is 0 Å². The Kier molecular flexibility index (Phi) is 4.18. The van der Waals surface area contributed by atoms with Gasteiger partial charge in [-0.2, -0.15) is 0 Å². The first-order valence-electron chi connectivity index (χ1n) is 7.68. The van der Waals surface area contributed by atoms with Crippen LogP contribution in [0.2, 0.25) is 0 Å². The van der Waals surface area contributed by atoms with Crippen molar-refractivity contribution in [2.24, 2.45) is 0 Å². The number of hydrogen-bond donors (Lipinski definition) is 0. The first-order chi connectivity index (χ1) is 10.4. The molecule has 0 aromatic heterocycles. The topological polar surface area (TPSA) is 49.9 Å². The third-order valence-electron chi connectivity index (χ3n) is 4.99. The third-order valence-corrected chi connectivity index (χ3v) is 6.69. The highest BCUT2D eigenvalue weighted by Gasteiger charge is 2.45. The van der Waals surface area contributed by atoms with Crippen LogP contribution in [0.3, 0.4) is 0 Å². The standard InChI is InChI=1S/C16H24N2O3S/c1-12-8-14(21-3)5-4-13(12)9-18-7-6-17(2)15-10-22(19,20)11-16(15)18/h4-5,8,15-16H,6-7,9-11H2,1-3H3/t15-,16+/m1/s1. The smallest absolute Gasteiger partial charge is 0.153 e. The molecule has 0 bridgehead atoms. The fourth-order valence-electron chi connectivity index (χ4n) is 3.59. The molecule has 2 aliphatic rings. The van der Waals surface area contributed by atoms with Crippen molar-refractivity contribution in [2.75, 3.05) is 38.8 Å². The molecule has 122 valence electrons. The number of sulfone groups is 1. The van der Waals surface area contributed by atoms with Crippen molar-refractivity contribution in [3.8, 4) is 5.75 Å². The van der Waals surface area contributed by atoms with Gasteiger partial charge in [0, 0.05) is 31.7 Å². The van der Waals surface area contributed by atoms with Crippen molar-refractivity contribution < 1.29 is 13.2 Å². The van der Waals surface area contributed by atoms with Gasteiger partial charge in [-0.05, 0) is 37.2 Å². The number of piperazine rings is 1. The van der Waals surface area contributed by atoms with E-state index in [9.17, 15) is 8.42 Å². The van der Waals surface area contributed by atoms with E-state index in [2.05, 4.69) is 22.8 Å². The largest absolute Gasteiger partial charge is 0.497 e. The summed E-state index contributed by atoms with van der Waals surface area (Å²) in [6.07, 6.45) is 0. The molecule has 22 heavy (non-hydrogen) atoms. The van der Waals surface area contributed by atoms with E-state index >= 15 is 0 Å². The van der Waals surface area contributed by atoms with Crippen molar-refractivity contribution >= 4 is 9.84 Å². The second kappa shape index (κ2) is 5.83. The van der Waals surface area contributed by atoms with Gasteiger partial charge in [0.2, 0.25) is 0 Å². The van der Waals surface area contributed by atoms with E-state index in [1.54, 1.807) is 7.11 Å². The summed E-state index contributed by atoms with van der Waals surface area (Å²) in [6.45, 7) is 4.72. The van der Waals surface area contributed by atoms with Crippen LogP contribution in [0.1, 0.15) is 11.1 Å². The molecule has 0 saturated carbocycles. The van der Waals surface area contributed by atoms with Crippen molar-refractivity contribution in [2.45, 2.75) is 25.6 Å². The summed E-state index contributed by atoms with van der Waals surface area (Å²) in [6, 6.07) is 6.35.